The molecule has 0 aromatic heterocycles. The average Bonchev–Trinajstić information content (AvgIpc) is 2.32. The lowest BCUT2D eigenvalue weighted by atomic mass is 10.1. The van der Waals surface area contributed by atoms with Crippen LogP contribution in [-0.4, -0.2) is 42.2 Å². The summed E-state index contributed by atoms with van der Waals surface area (Å²) < 4.78 is 5.04. The SMILES string of the molecule is COc1ccc(C=CC(=O)N2CC(O)C2)cc1. The van der Waals surface area contributed by atoms with Gasteiger partial charge in [-0.15, -0.1) is 0 Å². The zero-order chi connectivity index (χ0) is 12.3. The first-order valence-corrected chi connectivity index (χ1v) is 5.48. The van der Waals surface area contributed by atoms with Crippen LogP contribution in [0.3, 0.4) is 0 Å². The normalized spacial score (nSPS) is 16.0. The monoisotopic (exact) mass is 233 g/mol. The van der Waals surface area contributed by atoms with Gasteiger partial charge in [-0.25, -0.2) is 0 Å². The van der Waals surface area contributed by atoms with Crippen molar-refractivity contribution < 1.29 is 14.6 Å². The average molecular weight is 233 g/mol. The summed E-state index contributed by atoms with van der Waals surface area (Å²) in [5.74, 6) is 0.727. The Morgan fingerprint density at radius 1 is 1.41 bits per heavy atom. The fraction of sp³-hybridized carbons (Fsp3) is 0.308. The summed E-state index contributed by atoms with van der Waals surface area (Å²) in [5.41, 5.74) is 0.945. The number of aliphatic hydroxyl groups is 1. The van der Waals surface area contributed by atoms with Crippen molar-refractivity contribution in [3.8, 4) is 5.75 Å². The van der Waals surface area contributed by atoms with Gasteiger partial charge in [-0.3, -0.25) is 4.79 Å². The van der Waals surface area contributed by atoms with Gasteiger partial charge < -0.3 is 14.7 Å². The third-order valence-corrected chi connectivity index (χ3v) is 2.71. The second-order valence-corrected chi connectivity index (χ2v) is 4.00. The van der Waals surface area contributed by atoms with Crippen LogP contribution in [0.15, 0.2) is 30.3 Å². The molecule has 0 aliphatic carbocycles. The number of hydrogen-bond donors (Lipinski definition) is 1. The Labute approximate surface area is 100 Å². The molecule has 1 aromatic carbocycles. The Morgan fingerprint density at radius 3 is 2.59 bits per heavy atom. The molecular weight excluding hydrogens is 218 g/mol. The van der Waals surface area contributed by atoms with E-state index in [1.165, 1.54) is 6.08 Å². The molecule has 0 saturated carbocycles. The fourth-order valence-corrected chi connectivity index (χ4v) is 1.62. The molecule has 4 heteroatoms. The van der Waals surface area contributed by atoms with Crippen LogP contribution in [0.5, 0.6) is 5.75 Å². The Hall–Kier alpha value is -1.81. The van der Waals surface area contributed by atoms with Gasteiger partial charge in [0.15, 0.2) is 0 Å². The first-order valence-electron chi connectivity index (χ1n) is 5.48. The minimum absolute atomic E-state index is 0.0638. The number of ether oxygens (including phenoxy) is 1. The van der Waals surface area contributed by atoms with Crippen LogP contribution in [-0.2, 0) is 4.79 Å². The quantitative estimate of drug-likeness (QED) is 0.789. The number of hydrogen-bond acceptors (Lipinski definition) is 3. The summed E-state index contributed by atoms with van der Waals surface area (Å²) in [5, 5.41) is 9.08. The molecule has 0 radical (unpaired) electrons. The molecule has 1 amide bonds. The Morgan fingerprint density at radius 2 is 2.06 bits per heavy atom. The maximum atomic E-state index is 11.6. The van der Waals surface area contributed by atoms with Crippen molar-refractivity contribution in [2.45, 2.75) is 6.10 Å². The first kappa shape index (κ1) is 11.7. The predicted octanol–water partition coefficient (Wildman–Crippen LogP) is 0.911. The van der Waals surface area contributed by atoms with Crippen LogP contribution in [0, 0.1) is 0 Å². The number of amides is 1. The number of methoxy groups -OCH3 is 1. The number of likely N-dealkylation sites (tertiary alicyclic amines) is 1. The van der Waals surface area contributed by atoms with E-state index in [1.807, 2.05) is 24.3 Å². The fourth-order valence-electron chi connectivity index (χ4n) is 1.62. The Kier molecular flexibility index (Phi) is 3.44. The van der Waals surface area contributed by atoms with Gasteiger partial charge in [-0.1, -0.05) is 12.1 Å². The van der Waals surface area contributed by atoms with Gasteiger partial charge in [0.2, 0.25) is 5.91 Å². The highest BCUT2D eigenvalue weighted by atomic mass is 16.5. The molecule has 0 unspecified atom stereocenters. The van der Waals surface area contributed by atoms with E-state index in [2.05, 4.69) is 0 Å². The van der Waals surface area contributed by atoms with Gasteiger partial charge in [0.25, 0.3) is 0 Å². The highest BCUT2D eigenvalue weighted by molar-refractivity contribution is 5.92. The van der Waals surface area contributed by atoms with Gasteiger partial charge in [-0.05, 0) is 23.8 Å². The van der Waals surface area contributed by atoms with Crippen molar-refractivity contribution in [2.75, 3.05) is 20.2 Å². The summed E-state index contributed by atoms with van der Waals surface area (Å²) in [4.78, 5) is 13.2. The second-order valence-electron chi connectivity index (χ2n) is 4.00. The molecule has 1 aromatic rings. The van der Waals surface area contributed by atoms with E-state index in [0.717, 1.165) is 11.3 Å². The molecule has 1 aliphatic rings. The van der Waals surface area contributed by atoms with E-state index in [-0.39, 0.29) is 12.0 Å². The predicted molar refractivity (Wildman–Crippen MR) is 64.6 cm³/mol. The number of carbonyl (C=O) groups is 1. The number of β-amino-alcohol motifs (C(OH)–C–C–N with tert-alkyl or cyclic N) is 1. The lowest BCUT2D eigenvalue weighted by molar-refractivity contribution is -0.135. The molecule has 2 rings (SSSR count). The lowest BCUT2D eigenvalue weighted by Crippen LogP contribution is -2.52. The van der Waals surface area contributed by atoms with Crippen molar-refractivity contribution in [1.29, 1.82) is 0 Å². The molecule has 1 N–H and O–H groups in total. The maximum absolute atomic E-state index is 11.6. The summed E-state index contributed by atoms with van der Waals surface area (Å²) in [6.07, 6.45) is 2.92. The van der Waals surface area contributed by atoms with Crippen molar-refractivity contribution >= 4 is 12.0 Å². The summed E-state index contributed by atoms with van der Waals surface area (Å²) >= 11 is 0. The summed E-state index contributed by atoms with van der Waals surface area (Å²) in [7, 11) is 1.61. The molecule has 1 heterocycles. The lowest BCUT2D eigenvalue weighted by Gasteiger charge is -2.34. The van der Waals surface area contributed by atoms with Crippen LogP contribution in [0.2, 0.25) is 0 Å². The van der Waals surface area contributed by atoms with Crippen LogP contribution >= 0.6 is 0 Å². The third kappa shape index (κ3) is 2.85. The molecule has 1 fully saturated rings. The minimum atomic E-state index is -0.353. The summed E-state index contributed by atoms with van der Waals surface area (Å²) in [6.45, 7) is 0.873. The van der Waals surface area contributed by atoms with E-state index in [9.17, 15) is 4.79 Å². The first-order chi connectivity index (χ1) is 8.19. The number of carbonyl (C=O) groups excluding carboxylic acids is 1. The molecule has 4 nitrogen and oxygen atoms in total. The van der Waals surface area contributed by atoms with Gasteiger partial charge in [-0.2, -0.15) is 0 Å². The van der Waals surface area contributed by atoms with Crippen molar-refractivity contribution in [3.63, 3.8) is 0 Å². The Balaban J connectivity index is 1.93. The zero-order valence-electron chi connectivity index (χ0n) is 9.67. The highest BCUT2D eigenvalue weighted by Gasteiger charge is 2.26. The highest BCUT2D eigenvalue weighted by Crippen LogP contribution is 2.13. The molecule has 1 saturated heterocycles. The molecule has 0 atom stereocenters. The minimum Gasteiger partial charge on any atom is -0.497 e. The smallest absolute Gasteiger partial charge is 0.246 e. The van der Waals surface area contributed by atoms with Crippen LogP contribution < -0.4 is 4.74 Å². The number of rotatable bonds is 3. The molecule has 0 spiro atoms. The van der Waals surface area contributed by atoms with Crippen LogP contribution in [0.1, 0.15) is 5.56 Å². The van der Waals surface area contributed by atoms with E-state index in [1.54, 1.807) is 18.1 Å². The van der Waals surface area contributed by atoms with Crippen LogP contribution in [0.25, 0.3) is 6.08 Å². The van der Waals surface area contributed by atoms with Crippen molar-refractivity contribution in [2.24, 2.45) is 0 Å². The largest absolute Gasteiger partial charge is 0.497 e. The van der Waals surface area contributed by atoms with Crippen molar-refractivity contribution in [1.82, 2.24) is 4.90 Å². The Bertz CT molecular complexity index is 419. The third-order valence-electron chi connectivity index (χ3n) is 2.71. The molecule has 1 aliphatic heterocycles. The molecular formula is C13H15NO3. The molecule has 0 bridgehead atoms. The number of nitrogens with zero attached hydrogens (tertiary/aromatic N) is 1. The summed E-state index contributed by atoms with van der Waals surface area (Å²) in [6, 6.07) is 7.45. The number of aliphatic hydroxyl groups excluding tert-OH is 1. The second kappa shape index (κ2) is 5.01. The van der Waals surface area contributed by atoms with E-state index in [4.69, 9.17) is 9.84 Å². The topological polar surface area (TPSA) is 49.8 Å². The zero-order valence-corrected chi connectivity index (χ0v) is 9.67. The van der Waals surface area contributed by atoms with E-state index in [0.29, 0.717) is 13.1 Å². The van der Waals surface area contributed by atoms with E-state index >= 15 is 0 Å². The van der Waals surface area contributed by atoms with Crippen molar-refractivity contribution in [3.05, 3.63) is 35.9 Å². The van der Waals surface area contributed by atoms with Crippen LogP contribution in [0.4, 0.5) is 0 Å². The van der Waals surface area contributed by atoms with Gasteiger partial charge in [0, 0.05) is 19.2 Å². The van der Waals surface area contributed by atoms with E-state index < -0.39 is 0 Å². The van der Waals surface area contributed by atoms with Gasteiger partial charge in [0.1, 0.15) is 5.75 Å². The maximum Gasteiger partial charge on any atom is 0.246 e. The molecule has 17 heavy (non-hydrogen) atoms. The van der Waals surface area contributed by atoms with Gasteiger partial charge >= 0.3 is 0 Å². The standard InChI is InChI=1S/C13H15NO3/c1-17-12-5-2-10(3-6-12)4-7-13(16)14-8-11(15)9-14/h2-7,11,15H,8-9H2,1H3. The molecule has 90 valence electrons. The van der Waals surface area contributed by atoms with Gasteiger partial charge in [0.05, 0.1) is 13.2 Å². The number of benzene rings is 1.